The van der Waals surface area contributed by atoms with E-state index >= 15 is 0 Å². The third-order valence-corrected chi connectivity index (χ3v) is 4.73. The number of hydrogen-bond acceptors (Lipinski definition) is 1. The maximum Gasteiger partial charge on any atom is 0.307 e. The van der Waals surface area contributed by atoms with Crippen molar-refractivity contribution in [2.75, 3.05) is 0 Å². The van der Waals surface area contributed by atoms with Crippen LogP contribution >= 0.6 is 0 Å². The van der Waals surface area contributed by atoms with Crippen LogP contribution in [0.25, 0.3) is 0 Å². The summed E-state index contributed by atoms with van der Waals surface area (Å²) in [6.45, 7) is 15.6. The summed E-state index contributed by atoms with van der Waals surface area (Å²) in [5.74, 6) is 0.984. The highest BCUT2D eigenvalue weighted by molar-refractivity contribution is 5.71. The maximum atomic E-state index is 12.1. The van der Waals surface area contributed by atoms with E-state index in [0.717, 1.165) is 44.9 Å². The predicted molar refractivity (Wildman–Crippen MR) is 96.1 cm³/mol. The first-order chi connectivity index (χ1) is 10.1. The Balaban J connectivity index is 5.54. The summed E-state index contributed by atoms with van der Waals surface area (Å²) in [4.78, 5) is 12.1. The first-order valence-corrected chi connectivity index (χ1v) is 9.37. The lowest BCUT2D eigenvalue weighted by atomic mass is 9.61. The number of carboxylic acids is 1. The van der Waals surface area contributed by atoms with Crippen molar-refractivity contribution in [3.63, 3.8) is 0 Å². The highest BCUT2D eigenvalue weighted by atomic mass is 16.4. The fourth-order valence-corrected chi connectivity index (χ4v) is 4.05. The summed E-state index contributed by atoms with van der Waals surface area (Å²) < 4.78 is 0. The number of aliphatic carboxylic acids is 1. The van der Waals surface area contributed by atoms with Crippen LogP contribution in [0.15, 0.2) is 0 Å². The van der Waals surface area contributed by atoms with Crippen molar-refractivity contribution in [3.8, 4) is 0 Å². The molecule has 0 saturated carbocycles. The molecule has 22 heavy (non-hydrogen) atoms. The smallest absolute Gasteiger partial charge is 0.307 e. The summed E-state index contributed by atoms with van der Waals surface area (Å²) in [6.07, 6.45) is 7.21. The Labute approximate surface area is 139 Å². The van der Waals surface area contributed by atoms with Gasteiger partial charge < -0.3 is 5.11 Å². The Bertz CT molecular complexity index is 295. The largest absolute Gasteiger partial charge is 0.481 e. The second-order valence-corrected chi connectivity index (χ2v) is 8.52. The zero-order valence-corrected chi connectivity index (χ0v) is 16.1. The van der Waals surface area contributed by atoms with Crippen LogP contribution in [0, 0.1) is 29.1 Å². The van der Waals surface area contributed by atoms with Crippen LogP contribution in [-0.2, 0) is 4.79 Å². The molecule has 0 fully saturated rings. The number of hydrogen-bond donors (Lipinski definition) is 1. The number of carbonyl (C=O) groups is 1. The van der Waals surface area contributed by atoms with Gasteiger partial charge in [-0.05, 0) is 48.9 Å². The van der Waals surface area contributed by atoms with Crippen LogP contribution in [0.3, 0.4) is 0 Å². The number of unbranched alkanes of at least 4 members (excludes halogenated alkanes) is 1. The standard InChI is InChI=1S/C20H40O2/c1-8-9-10-18(19(21)22)20(13-16(4)5,14-17(6)7)12-11-15(2)3/h15-18H,8-14H2,1-7H3,(H,21,22). The van der Waals surface area contributed by atoms with E-state index in [-0.39, 0.29) is 11.3 Å². The van der Waals surface area contributed by atoms with Gasteiger partial charge in [-0.25, -0.2) is 0 Å². The van der Waals surface area contributed by atoms with Crippen LogP contribution in [0.4, 0.5) is 0 Å². The molecule has 1 atom stereocenters. The minimum absolute atomic E-state index is 0.0341. The molecule has 0 aromatic heterocycles. The van der Waals surface area contributed by atoms with Gasteiger partial charge in [-0.2, -0.15) is 0 Å². The van der Waals surface area contributed by atoms with E-state index in [4.69, 9.17) is 0 Å². The zero-order chi connectivity index (χ0) is 17.3. The molecule has 0 radical (unpaired) electrons. The molecular formula is C20H40O2. The van der Waals surface area contributed by atoms with Crippen molar-refractivity contribution < 1.29 is 9.90 Å². The van der Waals surface area contributed by atoms with E-state index in [1.54, 1.807) is 0 Å². The molecule has 0 aromatic carbocycles. The average molecular weight is 313 g/mol. The van der Waals surface area contributed by atoms with Crippen molar-refractivity contribution >= 4 is 5.97 Å². The van der Waals surface area contributed by atoms with Crippen molar-refractivity contribution in [3.05, 3.63) is 0 Å². The van der Waals surface area contributed by atoms with Gasteiger partial charge in [-0.15, -0.1) is 0 Å². The second kappa shape index (κ2) is 10.3. The molecule has 0 heterocycles. The minimum atomic E-state index is -0.571. The zero-order valence-electron chi connectivity index (χ0n) is 16.1. The Hall–Kier alpha value is -0.530. The first kappa shape index (κ1) is 21.5. The van der Waals surface area contributed by atoms with E-state index in [1.807, 2.05) is 0 Å². The molecule has 2 nitrogen and oxygen atoms in total. The molecule has 0 saturated heterocycles. The van der Waals surface area contributed by atoms with E-state index in [0.29, 0.717) is 17.8 Å². The van der Waals surface area contributed by atoms with Crippen molar-refractivity contribution in [2.24, 2.45) is 29.1 Å². The fraction of sp³-hybridized carbons (Fsp3) is 0.950. The molecule has 1 unspecified atom stereocenters. The topological polar surface area (TPSA) is 37.3 Å². The van der Waals surface area contributed by atoms with Crippen LogP contribution in [-0.4, -0.2) is 11.1 Å². The molecule has 0 amide bonds. The van der Waals surface area contributed by atoms with Crippen molar-refractivity contribution in [2.45, 2.75) is 93.4 Å². The van der Waals surface area contributed by atoms with Crippen LogP contribution in [0.1, 0.15) is 93.4 Å². The predicted octanol–water partition coefficient (Wildman–Crippen LogP) is 6.39. The van der Waals surface area contributed by atoms with Gasteiger partial charge in [0.2, 0.25) is 0 Å². The summed E-state index contributed by atoms with van der Waals surface area (Å²) in [7, 11) is 0. The lowest BCUT2D eigenvalue weighted by molar-refractivity contribution is -0.149. The molecule has 1 N–H and O–H groups in total. The molecule has 0 rings (SSSR count). The van der Waals surface area contributed by atoms with Gasteiger partial charge in [0.25, 0.3) is 0 Å². The molecule has 0 spiro atoms. The van der Waals surface area contributed by atoms with Crippen LogP contribution in [0.5, 0.6) is 0 Å². The first-order valence-electron chi connectivity index (χ1n) is 9.37. The minimum Gasteiger partial charge on any atom is -0.481 e. The van der Waals surface area contributed by atoms with Gasteiger partial charge in [0, 0.05) is 0 Å². The Morgan fingerprint density at radius 2 is 1.41 bits per heavy atom. The second-order valence-electron chi connectivity index (χ2n) is 8.52. The Morgan fingerprint density at radius 3 is 1.73 bits per heavy atom. The molecule has 132 valence electrons. The van der Waals surface area contributed by atoms with Crippen LogP contribution in [0.2, 0.25) is 0 Å². The normalized spacial score (nSPS) is 14.1. The van der Waals surface area contributed by atoms with Crippen molar-refractivity contribution in [1.82, 2.24) is 0 Å². The summed E-state index contributed by atoms with van der Waals surface area (Å²) in [5, 5.41) is 9.93. The molecule has 0 aliphatic rings. The highest BCUT2D eigenvalue weighted by Gasteiger charge is 2.42. The lowest BCUT2D eigenvalue weighted by Gasteiger charge is -2.42. The molecular weight excluding hydrogens is 272 g/mol. The van der Waals surface area contributed by atoms with Crippen LogP contribution < -0.4 is 0 Å². The highest BCUT2D eigenvalue weighted by Crippen LogP contribution is 2.47. The lowest BCUT2D eigenvalue weighted by Crippen LogP contribution is -2.39. The van der Waals surface area contributed by atoms with E-state index in [9.17, 15) is 9.90 Å². The quantitative estimate of drug-likeness (QED) is 0.453. The monoisotopic (exact) mass is 312 g/mol. The SMILES string of the molecule is CCCCC(C(=O)O)C(CCC(C)C)(CC(C)C)CC(C)C. The Morgan fingerprint density at radius 1 is 0.909 bits per heavy atom. The summed E-state index contributed by atoms with van der Waals surface area (Å²) >= 11 is 0. The third-order valence-electron chi connectivity index (χ3n) is 4.73. The molecule has 2 heteroatoms. The van der Waals surface area contributed by atoms with Gasteiger partial charge in [0.1, 0.15) is 0 Å². The molecule has 0 aliphatic carbocycles. The molecule has 0 bridgehead atoms. The summed E-state index contributed by atoms with van der Waals surface area (Å²) in [5.41, 5.74) is -0.0341. The van der Waals surface area contributed by atoms with Gasteiger partial charge in [-0.3, -0.25) is 4.79 Å². The maximum absolute atomic E-state index is 12.1. The number of rotatable bonds is 12. The third kappa shape index (κ3) is 7.65. The van der Waals surface area contributed by atoms with E-state index in [2.05, 4.69) is 48.5 Å². The van der Waals surface area contributed by atoms with Gasteiger partial charge in [0.15, 0.2) is 0 Å². The van der Waals surface area contributed by atoms with E-state index in [1.165, 1.54) is 0 Å². The Kier molecular flexibility index (Phi) is 10.0. The van der Waals surface area contributed by atoms with Crippen molar-refractivity contribution in [1.29, 1.82) is 0 Å². The summed E-state index contributed by atoms with van der Waals surface area (Å²) in [6, 6.07) is 0. The number of carboxylic acid groups (broad SMARTS) is 1. The van der Waals surface area contributed by atoms with E-state index < -0.39 is 5.97 Å². The van der Waals surface area contributed by atoms with Gasteiger partial charge in [0.05, 0.1) is 5.92 Å². The van der Waals surface area contributed by atoms with Gasteiger partial charge >= 0.3 is 5.97 Å². The van der Waals surface area contributed by atoms with Gasteiger partial charge in [-0.1, -0.05) is 67.7 Å². The average Bonchev–Trinajstić information content (AvgIpc) is 2.34. The molecule has 0 aromatic rings. The fourth-order valence-electron chi connectivity index (χ4n) is 4.05. The molecule has 0 aliphatic heterocycles.